The van der Waals surface area contributed by atoms with Gasteiger partial charge < -0.3 is 9.57 Å². The van der Waals surface area contributed by atoms with E-state index in [4.69, 9.17) is 9.57 Å². The van der Waals surface area contributed by atoms with Gasteiger partial charge in [0.15, 0.2) is 0 Å². The minimum absolute atomic E-state index is 0.0414. The molecule has 0 unspecified atom stereocenters. The molecule has 29 heavy (non-hydrogen) atoms. The molecule has 2 amide bonds. The smallest absolute Gasteiger partial charge is 0.238 e. The molecular weight excluding hydrogens is 368 g/mol. The molecular formula is C23H20N2O4. The van der Waals surface area contributed by atoms with Crippen LogP contribution in [0.25, 0.3) is 0 Å². The minimum Gasteiger partial charge on any atom is -0.497 e. The van der Waals surface area contributed by atoms with Crippen molar-refractivity contribution >= 4 is 23.2 Å². The number of anilines is 1. The standard InChI is InChI=1S/C23H20N2O4/c1-28-14-9-7-12(8-10-14)20-19-15-11-16(21(19)29-24-20)18-17(15)22(26)25(23(18)27)13-5-3-2-4-6-13/h2-10,15-19,21H,11H2,1H3/t15-,16+,17-,18-,19-,21-/m1/s1. The fourth-order valence-corrected chi connectivity index (χ4v) is 5.96. The summed E-state index contributed by atoms with van der Waals surface area (Å²) in [6.07, 6.45) is 0.728. The van der Waals surface area contributed by atoms with Crippen LogP contribution in [0.15, 0.2) is 59.8 Å². The molecule has 2 aliphatic heterocycles. The Balaban J connectivity index is 1.34. The number of para-hydroxylation sites is 1. The predicted octanol–water partition coefficient (Wildman–Crippen LogP) is 2.87. The molecule has 0 N–H and O–H groups in total. The molecule has 2 saturated carbocycles. The van der Waals surface area contributed by atoms with Gasteiger partial charge in [-0.25, -0.2) is 0 Å². The van der Waals surface area contributed by atoms with Gasteiger partial charge in [-0.1, -0.05) is 23.4 Å². The van der Waals surface area contributed by atoms with Crippen molar-refractivity contribution in [2.45, 2.75) is 12.5 Å². The lowest BCUT2D eigenvalue weighted by atomic mass is 9.71. The molecule has 4 aliphatic rings. The van der Waals surface area contributed by atoms with Crippen molar-refractivity contribution in [3.63, 3.8) is 0 Å². The van der Waals surface area contributed by atoms with Gasteiger partial charge in [0.25, 0.3) is 0 Å². The first-order valence-corrected chi connectivity index (χ1v) is 10.00. The highest BCUT2D eigenvalue weighted by Gasteiger charge is 2.70. The summed E-state index contributed by atoms with van der Waals surface area (Å²) < 4.78 is 5.25. The summed E-state index contributed by atoms with van der Waals surface area (Å²) in [7, 11) is 1.64. The fraction of sp³-hybridized carbons (Fsp3) is 0.348. The molecule has 2 bridgehead atoms. The van der Waals surface area contributed by atoms with Gasteiger partial charge >= 0.3 is 0 Å². The highest BCUT2D eigenvalue weighted by atomic mass is 16.6. The number of imide groups is 1. The van der Waals surface area contributed by atoms with Gasteiger partial charge in [-0.05, 0) is 48.7 Å². The average molecular weight is 388 g/mol. The molecule has 6 heteroatoms. The minimum atomic E-state index is -0.292. The third kappa shape index (κ3) is 2.14. The number of hydrogen-bond donors (Lipinski definition) is 0. The van der Waals surface area contributed by atoms with Gasteiger partial charge in [-0.15, -0.1) is 0 Å². The van der Waals surface area contributed by atoms with Crippen LogP contribution in [0.4, 0.5) is 5.69 Å². The Morgan fingerprint density at radius 3 is 2.31 bits per heavy atom. The Bertz CT molecular complexity index is 1030. The summed E-state index contributed by atoms with van der Waals surface area (Å²) in [5.74, 6) is 0.244. The summed E-state index contributed by atoms with van der Waals surface area (Å²) in [5, 5.41) is 4.38. The second kappa shape index (κ2) is 5.92. The number of carbonyl (C=O) groups excluding carboxylic acids is 2. The maximum Gasteiger partial charge on any atom is 0.238 e. The molecule has 0 radical (unpaired) electrons. The highest BCUT2D eigenvalue weighted by molar-refractivity contribution is 6.23. The zero-order valence-corrected chi connectivity index (χ0v) is 15.9. The highest BCUT2D eigenvalue weighted by Crippen LogP contribution is 2.62. The Morgan fingerprint density at radius 2 is 1.62 bits per heavy atom. The van der Waals surface area contributed by atoms with E-state index in [-0.39, 0.29) is 47.5 Å². The number of amides is 2. The quantitative estimate of drug-likeness (QED) is 0.759. The van der Waals surface area contributed by atoms with Crippen molar-refractivity contribution in [2.24, 2.45) is 34.7 Å². The first-order valence-electron chi connectivity index (χ1n) is 10.00. The van der Waals surface area contributed by atoms with Crippen LogP contribution in [0, 0.1) is 29.6 Å². The average Bonchev–Trinajstić information content (AvgIpc) is 3.49. The lowest BCUT2D eigenvalue weighted by molar-refractivity contribution is -0.125. The summed E-state index contributed by atoms with van der Waals surface area (Å²) in [6, 6.07) is 17.0. The lowest BCUT2D eigenvalue weighted by Crippen LogP contribution is -2.41. The summed E-state index contributed by atoms with van der Waals surface area (Å²) in [6.45, 7) is 0. The number of benzene rings is 2. The first-order chi connectivity index (χ1) is 14.2. The number of methoxy groups -OCH3 is 1. The van der Waals surface area contributed by atoms with Crippen molar-refractivity contribution in [2.75, 3.05) is 12.0 Å². The Kier molecular flexibility index (Phi) is 3.43. The predicted molar refractivity (Wildman–Crippen MR) is 105 cm³/mol. The molecule has 6 nitrogen and oxygen atoms in total. The maximum atomic E-state index is 13.3. The molecule has 2 aromatic carbocycles. The topological polar surface area (TPSA) is 68.2 Å². The van der Waals surface area contributed by atoms with Gasteiger partial charge in [0.05, 0.1) is 30.3 Å². The van der Waals surface area contributed by atoms with Crippen molar-refractivity contribution < 1.29 is 19.2 Å². The van der Waals surface area contributed by atoms with Gasteiger partial charge in [0.2, 0.25) is 11.8 Å². The number of fused-ring (bicyclic) bond motifs is 8. The SMILES string of the molecule is COc1ccc(C2=NO[C@@H]3[C@H]4C[C@H]([C@H]5C(=O)N(c6ccccc6)C(=O)[C@H]45)[C@H]23)cc1. The molecule has 0 spiro atoms. The first kappa shape index (κ1) is 16.8. The zero-order chi connectivity index (χ0) is 19.7. The van der Waals surface area contributed by atoms with E-state index in [1.54, 1.807) is 7.11 Å². The lowest BCUT2D eigenvalue weighted by Gasteiger charge is -2.29. The molecule has 3 fully saturated rings. The summed E-state index contributed by atoms with van der Waals surface area (Å²) in [5.41, 5.74) is 2.53. The van der Waals surface area contributed by atoms with Crippen LogP contribution in [0.5, 0.6) is 5.75 Å². The molecule has 2 aliphatic carbocycles. The van der Waals surface area contributed by atoms with Crippen LogP contribution in [0.3, 0.4) is 0 Å². The number of carbonyl (C=O) groups is 2. The van der Waals surface area contributed by atoms with Crippen molar-refractivity contribution in [1.29, 1.82) is 0 Å². The van der Waals surface area contributed by atoms with Crippen molar-refractivity contribution in [1.82, 2.24) is 0 Å². The monoisotopic (exact) mass is 388 g/mol. The van der Waals surface area contributed by atoms with Gasteiger partial charge in [-0.2, -0.15) is 0 Å². The van der Waals surface area contributed by atoms with E-state index in [0.717, 1.165) is 23.4 Å². The van der Waals surface area contributed by atoms with E-state index >= 15 is 0 Å². The van der Waals surface area contributed by atoms with E-state index in [0.29, 0.717) is 5.69 Å². The normalized spacial score (nSPS) is 34.1. The molecule has 6 atom stereocenters. The van der Waals surface area contributed by atoms with Crippen LogP contribution in [-0.2, 0) is 14.4 Å². The van der Waals surface area contributed by atoms with E-state index < -0.39 is 0 Å². The van der Waals surface area contributed by atoms with Gasteiger partial charge in [0.1, 0.15) is 11.9 Å². The van der Waals surface area contributed by atoms with Crippen LogP contribution in [-0.4, -0.2) is 30.7 Å². The number of rotatable bonds is 3. The van der Waals surface area contributed by atoms with Crippen LogP contribution >= 0.6 is 0 Å². The van der Waals surface area contributed by atoms with E-state index in [1.807, 2.05) is 54.6 Å². The molecule has 2 heterocycles. The van der Waals surface area contributed by atoms with Crippen LogP contribution in [0.1, 0.15) is 12.0 Å². The Labute approximate surface area is 168 Å². The molecule has 146 valence electrons. The second-order valence-corrected chi connectivity index (χ2v) is 8.26. The van der Waals surface area contributed by atoms with Gasteiger partial charge in [-0.3, -0.25) is 14.5 Å². The Morgan fingerprint density at radius 1 is 0.931 bits per heavy atom. The van der Waals surface area contributed by atoms with E-state index in [1.165, 1.54) is 4.90 Å². The molecule has 6 rings (SSSR count). The van der Waals surface area contributed by atoms with Crippen LogP contribution in [0.2, 0.25) is 0 Å². The van der Waals surface area contributed by atoms with Gasteiger partial charge in [0, 0.05) is 17.4 Å². The number of ether oxygens (including phenoxy) is 1. The molecule has 2 aromatic rings. The maximum absolute atomic E-state index is 13.3. The van der Waals surface area contributed by atoms with Crippen molar-refractivity contribution in [3.05, 3.63) is 60.2 Å². The summed E-state index contributed by atoms with van der Waals surface area (Å²) in [4.78, 5) is 33.7. The summed E-state index contributed by atoms with van der Waals surface area (Å²) >= 11 is 0. The third-order valence-electron chi connectivity index (χ3n) is 7.09. The number of hydrogen-bond acceptors (Lipinski definition) is 5. The molecule has 0 aromatic heterocycles. The number of nitrogens with zero attached hydrogens (tertiary/aromatic N) is 2. The van der Waals surface area contributed by atoms with E-state index in [2.05, 4.69) is 5.16 Å². The largest absolute Gasteiger partial charge is 0.497 e. The number of oxime groups is 1. The molecule has 1 saturated heterocycles. The third-order valence-corrected chi connectivity index (χ3v) is 7.09. The fourth-order valence-electron chi connectivity index (χ4n) is 5.96. The second-order valence-electron chi connectivity index (χ2n) is 8.26. The van der Waals surface area contributed by atoms with Crippen LogP contribution < -0.4 is 9.64 Å². The Hall–Kier alpha value is -3.15. The zero-order valence-electron chi connectivity index (χ0n) is 15.9. The van der Waals surface area contributed by atoms with Crippen molar-refractivity contribution in [3.8, 4) is 5.75 Å². The van der Waals surface area contributed by atoms with E-state index in [9.17, 15) is 9.59 Å².